The van der Waals surface area contributed by atoms with Crippen LogP contribution in [0, 0.1) is 5.41 Å². The maximum absolute atomic E-state index is 7.58. The van der Waals surface area contributed by atoms with Gasteiger partial charge in [0.1, 0.15) is 0 Å². The van der Waals surface area contributed by atoms with Crippen molar-refractivity contribution in [3.8, 4) is 0 Å². The first-order valence-electron chi connectivity index (χ1n) is 5.96. The Balaban J connectivity index is 4.02. The van der Waals surface area contributed by atoms with Crippen molar-refractivity contribution in [2.75, 3.05) is 0 Å². The fraction of sp³-hybridized carbons (Fsp3) is 1.00. The molecule has 0 aromatic heterocycles. The average Bonchev–Trinajstić information content (AvgIpc) is 1.80. The SMILES string of the molecule is [2H]C([2H])(C)C([2H])([2H])CCCC(C)(C)C. The van der Waals surface area contributed by atoms with Crippen LogP contribution in [0.1, 0.15) is 65.2 Å². The summed E-state index contributed by atoms with van der Waals surface area (Å²) in [6.07, 6.45) is -1.48. The summed E-state index contributed by atoms with van der Waals surface area (Å²) in [5, 5.41) is 0. The molecule has 0 aliphatic carbocycles. The maximum Gasteiger partial charge on any atom is 0.0266 e. The molecule has 0 unspecified atom stereocenters. The second-order valence-electron chi connectivity index (χ2n) is 3.84. The van der Waals surface area contributed by atoms with Gasteiger partial charge >= 0.3 is 0 Å². The summed E-state index contributed by atoms with van der Waals surface area (Å²) in [4.78, 5) is 0. The number of hydrogen-bond donors (Lipinski definition) is 0. The summed E-state index contributed by atoms with van der Waals surface area (Å²) in [7, 11) is 0. The van der Waals surface area contributed by atoms with Gasteiger partial charge in [0, 0.05) is 5.48 Å². The van der Waals surface area contributed by atoms with Crippen molar-refractivity contribution in [2.45, 2.75) is 59.7 Å². The molecule has 0 amide bonds. The molecule has 0 aromatic rings. The number of hydrogen-bond acceptors (Lipinski definition) is 0. The zero-order valence-electron chi connectivity index (χ0n) is 11.6. The average molecular weight is 146 g/mol. The third-order valence-electron chi connectivity index (χ3n) is 1.41. The van der Waals surface area contributed by atoms with Crippen LogP contribution >= 0.6 is 0 Å². The normalized spacial score (nSPS) is 20.8. The highest BCUT2D eigenvalue weighted by Gasteiger charge is 2.08. The van der Waals surface area contributed by atoms with E-state index in [1.54, 1.807) is 0 Å². The standard InChI is InChI=1S/C10H22/c1-5-6-7-8-9-10(2,3)4/h5-9H2,1-4H3/i5D2,6D2. The predicted octanol–water partition coefficient (Wildman–Crippen LogP) is 4.00. The highest BCUT2D eigenvalue weighted by molar-refractivity contribution is 4.60. The van der Waals surface area contributed by atoms with Crippen LogP contribution in [-0.2, 0) is 0 Å². The molecule has 62 valence electrons. The summed E-state index contributed by atoms with van der Waals surface area (Å²) >= 11 is 0. The van der Waals surface area contributed by atoms with Crippen LogP contribution in [0.4, 0.5) is 0 Å². The van der Waals surface area contributed by atoms with Crippen molar-refractivity contribution in [1.82, 2.24) is 0 Å². The Morgan fingerprint density at radius 2 is 1.80 bits per heavy atom. The molecule has 0 saturated carbocycles. The van der Waals surface area contributed by atoms with E-state index in [9.17, 15) is 0 Å². The molecule has 0 nitrogen and oxygen atoms in total. The van der Waals surface area contributed by atoms with Gasteiger partial charge in [-0.25, -0.2) is 0 Å². The van der Waals surface area contributed by atoms with Crippen LogP contribution in [0.25, 0.3) is 0 Å². The van der Waals surface area contributed by atoms with E-state index in [1.807, 2.05) is 0 Å². The maximum atomic E-state index is 7.58. The monoisotopic (exact) mass is 146 g/mol. The van der Waals surface area contributed by atoms with Crippen molar-refractivity contribution in [2.24, 2.45) is 5.41 Å². The van der Waals surface area contributed by atoms with Gasteiger partial charge in [-0.15, -0.1) is 0 Å². The van der Waals surface area contributed by atoms with Crippen LogP contribution in [0.15, 0.2) is 0 Å². The van der Waals surface area contributed by atoms with Gasteiger partial charge in [-0.05, 0) is 11.8 Å². The van der Waals surface area contributed by atoms with Crippen LogP contribution in [-0.4, -0.2) is 0 Å². The molecule has 0 aliphatic heterocycles. The lowest BCUT2D eigenvalue weighted by Gasteiger charge is -2.17. The van der Waals surface area contributed by atoms with Gasteiger partial charge in [-0.3, -0.25) is 0 Å². The number of rotatable bonds is 4. The zero-order valence-corrected chi connectivity index (χ0v) is 7.62. The minimum atomic E-state index is -1.75. The molecule has 0 heterocycles. The molecular weight excluding hydrogens is 120 g/mol. The molecule has 0 atom stereocenters. The van der Waals surface area contributed by atoms with Gasteiger partial charge in [-0.2, -0.15) is 0 Å². The highest BCUT2D eigenvalue weighted by Crippen LogP contribution is 2.22. The minimum Gasteiger partial charge on any atom is -0.0654 e. The summed E-state index contributed by atoms with van der Waals surface area (Å²) in [6.45, 7) is 7.65. The summed E-state index contributed by atoms with van der Waals surface area (Å²) < 4.78 is 29.9. The lowest BCUT2D eigenvalue weighted by molar-refractivity contribution is 0.358. The van der Waals surface area contributed by atoms with Crippen LogP contribution in [0.2, 0.25) is 0 Å². The fourth-order valence-electron chi connectivity index (χ4n) is 0.832. The van der Waals surface area contributed by atoms with Gasteiger partial charge < -0.3 is 0 Å². The van der Waals surface area contributed by atoms with E-state index in [0.29, 0.717) is 6.42 Å². The van der Waals surface area contributed by atoms with E-state index in [1.165, 1.54) is 6.92 Å². The van der Waals surface area contributed by atoms with Crippen molar-refractivity contribution < 1.29 is 5.48 Å². The third-order valence-corrected chi connectivity index (χ3v) is 1.41. The molecule has 0 N–H and O–H groups in total. The van der Waals surface area contributed by atoms with Crippen LogP contribution in [0.3, 0.4) is 0 Å². The molecule has 0 heteroatoms. The summed E-state index contributed by atoms with van der Waals surface area (Å²) in [5.41, 5.74) is 0.205. The molecule has 0 fully saturated rings. The quantitative estimate of drug-likeness (QED) is 0.562. The van der Waals surface area contributed by atoms with Gasteiger partial charge in [-0.1, -0.05) is 53.3 Å². The zero-order chi connectivity index (χ0) is 11.6. The predicted molar refractivity (Wildman–Crippen MR) is 48.2 cm³/mol. The highest BCUT2D eigenvalue weighted by atomic mass is 14.1. The van der Waals surface area contributed by atoms with E-state index < -0.39 is 12.7 Å². The molecule has 0 spiro atoms. The van der Waals surface area contributed by atoms with Crippen molar-refractivity contribution in [1.29, 1.82) is 0 Å². The summed E-state index contributed by atoms with van der Waals surface area (Å²) in [6, 6.07) is 0. The Bertz CT molecular complexity index is 174. The first-order chi connectivity index (χ1) is 5.96. The van der Waals surface area contributed by atoms with Crippen LogP contribution in [0.5, 0.6) is 0 Å². The van der Waals surface area contributed by atoms with E-state index in [0.717, 1.165) is 12.8 Å². The van der Waals surface area contributed by atoms with E-state index in [4.69, 9.17) is 5.48 Å². The molecule has 0 bridgehead atoms. The summed E-state index contributed by atoms with van der Waals surface area (Å²) in [5.74, 6) is 0. The molecule has 10 heavy (non-hydrogen) atoms. The largest absolute Gasteiger partial charge is 0.0654 e. The minimum absolute atomic E-state index is 0.205. The van der Waals surface area contributed by atoms with Crippen molar-refractivity contribution >= 4 is 0 Å². The smallest absolute Gasteiger partial charge is 0.0266 e. The van der Waals surface area contributed by atoms with Crippen LogP contribution < -0.4 is 0 Å². The Morgan fingerprint density at radius 1 is 1.20 bits per heavy atom. The molecule has 0 aliphatic rings. The van der Waals surface area contributed by atoms with Gasteiger partial charge in [0.15, 0.2) is 0 Å². The van der Waals surface area contributed by atoms with E-state index >= 15 is 0 Å². The molecular formula is C10H22. The third kappa shape index (κ3) is 8.00. The first kappa shape index (κ1) is 4.79. The van der Waals surface area contributed by atoms with E-state index in [-0.39, 0.29) is 5.41 Å². The van der Waals surface area contributed by atoms with Gasteiger partial charge in [0.2, 0.25) is 0 Å². The Hall–Kier alpha value is 0. The fourth-order valence-corrected chi connectivity index (χ4v) is 0.832. The second-order valence-corrected chi connectivity index (χ2v) is 3.84. The lowest BCUT2D eigenvalue weighted by atomic mass is 9.89. The first-order valence-corrected chi connectivity index (χ1v) is 3.96. The van der Waals surface area contributed by atoms with Gasteiger partial charge in [0.25, 0.3) is 0 Å². The van der Waals surface area contributed by atoms with Gasteiger partial charge in [0.05, 0.1) is 0 Å². The molecule has 0 aromatic carbocycles. The molecule has 0 rings (SSSR count). The topological polar surface area (TPSA) is 0 Å². The Kier molecular flexibility index (Phi) is 2.28. The second kappa shape index (κ2) is 4.76. The molecule has 0 saturated heterocycles. The Labute approximate surface area is 71.6 Å². The van der Waals surface area contributed by atoms with Crippen molar-refractivity contribution in [3.05, 3.63) is 0 Å². The Morgan fingerprint density at radius 3 is 2.20 bits per heavy atom. The van der Waals surface area contributed by atoms with E-state index in [2.05, 4.69) is 20.8 Å². The lowest BCUT2D eigenvalue weighted by Crippen LogP contribution is -2.03. The van der Waals surface area contributed by atoms with Crippen molar-refractivity contribution in [3.63, 3.8) is 0 Å². The molecule has 0 radical (unpaired) electrons.